The van der Waals surface area contributed by atoms with Crippen LogP contribution < -0.4 is 15.0 Å². The standard InChI is InChI=1S/C20H24N2O2/c1-14(17-9-5-7-11-19(17)24-3)21-15(2)20(23)22-13-12-16-8-4-6-10-18(16)22/h4-11,14-15,21H,12-13H2,1-3H3/p+1/t14-,15+/m1/s1. The Morgan fingerprint density at radius 3 is 2.62 bits per heavy atom. The van der Waals surface area contributed by atoms with Crippen molar-refractivity contribution in [1.82, 2.24) is 0 Å². The first kappa shape index (κ1) is 16.5. The molecule has 0 fully saturated rings. The van der Waals surface area contributed by atoms with Crippen LogP contribution in [0.1, 0.15) is 31.0 Å². The van der Waals surface area contributed by atoms with Gasteiger partial charge in [0.05, 0.1) is 12.7 Å². The van der Waals surface area contributed by atoms with E-state index in [1.165, 1.54) is 5.56 Å². The zero-order valence-electron chi connectivity index (χ0n) is 14.5. The monoisotopic (exact) mass is 325 g/mol. The molecule has 1 aliphatic heterocycles. The van der Waals surface area contributed by atoms with Gasteiger partial charge in [0.2, 0.25) is 0 Å². The molecule has 0 saturated carbocycles. The van der Waals surface area contributed by atoms with Crippen LogP contribution in [0.5, 0.6) is 5.75 Å². The van der Waals surface area contributed by atoms with Crippen molar-refractivity contribution in [2.24, 2.45) is 0 Å². The van der Waals surface area contributed by atoms with Crippen molar-refractivity contribution in [2.75, 3.05) is 18.6 Å². The average molecular weight is 325 g/mol. The van der Waals surface area contributed by atoms with Crippen LogP contribution in [0.4, 0.5) is 5.69 Å². The van der Waals surface area contributed by atoms with Gasteiger partial charge in [-0.3, -0.25) is 4.79 Å². The number of nitrogens with zero attached hydrogens (tertiary/aromatic N) is 1. The molecule has 2 N–H and O–H groups in total. The normalized spacial score (nSPS) is 15.7. The molecular weight excluding hydrogens is 300 g/mol. The van der Waals surface area contributed by atoms with Crippen LogP contribution in [0, 0.1) is 0 Å². The zero-order chi connectivity index (χ0) is 17.1. The lowest BCUT2D eigenvalue weighted by atomic mass is 10.1. The molecule has 0 spiro atoms. The molecule has 2 atom stereocenters. The zero-order valence-corrected chi connectivity index (χ0v) is 14.5. The van der Waals surface area contributed by atoms with E-state index in [0.29, 0.717) is 0 Å². The Kier molecular flexibility index (Phi) is 4.86. The molecule has 1 aliphatic rings. The molecule has 2 aromatic rings. The number of ether oxygens (including phenoxy) is 1. The van der Waals surface area contributed by atoms with E-state index in [4.69, 9.17) is 4.74 Å². The lowest BCUT2D eigenvalue weighted by Gasteiger charge is -2.23. The number of hydrogen-bond donors (Lipinski definition) is 1. The molecule has 3 rings (SSSR count). The van der Waals surface area contributed by atoms with E-state index in [0.717, 1.165) is 30.0 Å². The summed E-state index contributed by atoms with van der Waals surface area (Å²) >= 11 is 0. The molecule has 126 valence electrons. The lowest BCUT2D eigenvalue weighted by Crippen LogP contribution is -2.92. The minimum Gasteiger partial charge on any atom is -0.496 e. The Labute approximate surface area is 143 Å². The van der Waals surface area contributed by atoms with Crippen molar-refractivity contribution in [1.29, 1.82) is 0 Å². The van der Waals surface area contributed by atoms with Gasteiger partial charge in [-0.25, -0.2) is 0 Å². The minimum absolute atomic E-state index is 0.143. The second-order valence-electron chi connectivity index (χ2n) is 6.38. The average Bonchev–Trinajstić information content (AvgIpc) is 3.04. The first-order valence-corrected chi connectivity index (χ1v) is 8.49. The molecule has 2 aromatic carbocycles. The maximum Gasteiger partial charge on any atom is 0.284 e. The molecule has 0 unspecified atom stereocenters. The van der Waals surface area contributed by atoms with E-state index < -0.39 is 0 Å². The molecule has 0 radical (unpaired) electrons. The predicted molar refractivity (Wildman–Crippen MR) is 95.3 cm³/mol. The summed E-state index contributed by atoms with van der Waals surface area (Å²) < 4.78 is 5.44. The number of carbonyl (C=O) groups is 1. The first-order chi connectivity index (χ1) is 11.6. The molecule has 0 saturated heterocycles. The fourth-order valence-electron chi connectivity index (χ4n) is 3.47. The van der Waals surface area contributed by atoms with Crippen molar-refractivity contribution in [3.63, 3.8) is 0 Å². The summed E-state index contributed by atoms with van der Waals surface area (Å²) in [4.78, 5) is 14.8. The highest BCUT2D eigenvalue weighted by atomic mass is 16.5. The Bertz CT molecular complexity index is 729. The van der Waals surface area contributed by atoms with Gasteiger partial charge >= 0.3 is 0 Å². The van der Waals surface area contributed by atoms with Crippen LogP contribution in [-0.2, 0) is 11.2 Å². The van der Waals surface area contributed by atoms with Crippen molar-refractivity contribution in [3.05, 3.63) is 59.7 Å². The molecule has 0 aliphatic carbocycles. The molecule has 0 bridgehead atoms. The van der Waals surface area contributed by atoms with Gasteiger partial charge in [-0.1, -0.05) is 30.3 Å². The molecule has 24 heavy (non-hydrogen) atoms. The van der Waals surface area contributed by atoms with Crippen LogP contribution in [0.15, 0.2) is 48.5 Å². The van der Waals surface area contributed by atoms with Crippen LogP contribution in [-0.4, -0.2) is 25.6 Å². The van der Waals surface area contributed by atoms with Crippen LogP contribution in [0.2, 0.25) is 0 Å². The van der Waals surface area contributed by atoms with Gasteiger partial charge < -0.3 is 15.0 Å². The number of nitrogens with two attached hydrogens (primary N) is 1. The third kappa shape index (κ3) is 3.15. The van der Waals surface area contributed by atoms with E-state index in [1.807, 2.05) is 48.2 Å². The minimum atomic E-state index is -0.143. The maximum atomic E-state index is 12.9. The summed E-state index contributed by atoms with van der Waals surface area (Å²) in [6.45, 7) is 4.87. The number of quaternary nitrogens is 1. The summed E-state index contributed by atoms with van der Waals surface area (Å²) in [6, 6.07) is 16.2. The Morgan fingerprint density at radius 2 is 1.83 bits per heavy atom. The lowest BCUT2D eigenvalue weighted by molar-refractivity contribution is -0.710. The van der Waals surface area contributed by atoms with E-state index in [9.17, 15) is 4.79 Å². The predicted octanol–water partition coefficient (Wildman–Crippen LogP) is 2.30. The molecule has 0 aromatic heterocycles. The fourth-order valence-corrected chi connectivity index (χ4v) is 3.47. The molecule has 4 nitrogen and oxygen atoms in total. The van der Waals surface area contributed by atoms with Crippen molar-refractivity contribution in [3.8, 4) is 5.75 Å². The Hall–Kier alpha value is -2.33. The Balaban J connectivity index is 1.71. The molecule has 1 amide bonds. The summed E-state index contributed by atoms with van der Waals surface area (Å²) in [5.74, 6) is 1.04. The van der Waals surface area contributed by atoms with Crippen molar-refractivity contribution >= 4 is 11.6 Å². The second kappa shape index (κ2) is 7.05. The molecule has 4 heteroatoms. The van der Waals surface area contributed by atoms with E-state index in [-0.39, 0.29) is 18.0 Å². The van der Waals surface area contributed by atoms with E-state index >= 15 is 0 Å². The number of rotatable bonds is 5. The van der Waals surface area contributed by atoms with Crippen LogP contribution >= 0.6 is 0 Å². The summed E-state index contributed by atoms with van der Waals surface area (Å²) in [6.07, 6.45) is 0.941. The topological polar surface area (TPSA) is 46.1 Å². The van der Waals surface area contributed by atoms with Gasteiger partial charge in [0.15, 0.2) is 6.04 Å². The van der Waals surface area contributed by atoms with Crippen LogP contribution in [0.3, 0.4) is 0 Å². The molecule has 1 heterocycles. The van der Waals surface area contributed by atoms with Gasteiger partial charge in [0, 0.05) is 12.2 Å². The Morgan fingerprint density at radius 1 is 1.12 bits per heavy atom. The number of benzene rings is 2. The van der Waals surface area contributed by atoms with Crippen molar-refractivity contribution < 1.29 is 14.8 Å². The van der Waals surface area contributed by atoms with Gasteiger partial charge in [-0.15, -0.1) is 0 Å². The number of fused-ring (bicyclic) bond motifs is 1. The van der Waals surface area contributed by atoms with Gasteiger partial charge in [0.25, 0.3) is 5.91 Å². The quantitative estimate of drug-likeness (QED) is 0.917. The van der Waals surface area contributed by atoms with E-state index in [1.54, 1.807) is 7.11 Å². The summed E-state index contributed by atoms with van der Waals surface area (Å²) in [5.41, 5.74) is 3.44. The van der Waals surface area contributed by atoms with Gasteiger partial charge in [-0.2, -0.15) is 0 Å². The smallest absolute Gasteiger partial charge is 0.284 e. The number of para-hydroxylation sites is 2. The number of amides is 1. The van der Waals surface area contributed by atoms with Crippen molar-refractivity contribution in [2.45, 2.75) is 32.4 Å². The van der Waals surface area contributed by atoms with E-state index in [2.05, 4.69) is 24.4 Å². The second-order valence-corrected chi connectivity index (χ2v) is 6.38. The summed E-state index contributed by atoms with van der Waals surface area (Å²) in [7, 11) is 1.68. The number of methoxy groups -OCH3 is 1. The first-order valence-electron chi connectivity index (χ1n) is 8.49. The fraction of sp³-hybridized carbons (Fsp3) is 0.350. The van der Waals surface area contributed by atoms with Crippen LogP contribution in [0.25, 0.3) is 0 Å². The highest BCUT2D eigenvalue weighted by Gasteiger charge is 2.31. The third-order valence-corrected chi connectivity index (χ3v) is 4.75. The highest BCUT2D eigenvalue weighted by Crippen LogP contribution is 2.28. The highest BCUT2D eigenvalue weighted by molar-refractivity contribution is 5.97. The summed E-state index contributed by atoms with van der Waals surface area (Å²) in [5, 5.41) is 2.11. The number of hydrogen-bond acceptors (Lipinski definition) is 2. The van der Waals surface area contributed by atoms with Gasteiger partial charge in [0.1, 0.15) is 11.8 Å². The third-order valence-electron chi connectivity index (χ3n) is 4.75. The molecular formula is C20H25N2O2+. The largest absolute Gasteiger partial charge is 0.496 e. The van der Waals surface area contributed by atoms with Gasteiger partial charge in [-0.05, 0) is 44.0 Å². The number of carbonyl (C=O) groups excluding carboxylic acids is 1. The number of anilines is 1. The maximum absolute atomic E-state index is 12.9. The SMILES string of the molecule is COc1ccccc1[C@@H](C)[NH2+][C@@H](C)C(=O)N1CCc2ccccc21.